The van der Waals surface area contributed by atoms with Crippen molar-refractivity contribution in [2.45, 2.75) is 31.2 Å². The predicted molar refractivity (Wildman–Crippen MR) is 105 cm³/mol. The van der Waals surface area contributed by atoms with E-state index in [9.17, 15) is 9.59 Å². The number of carbonyl (C=O) groups excluding carboxylic acids is 2. The molecule has 5 rings (SSSR count). The Hall–Kier alpha value is -3.19. The van der Waals surface area contributed by atoms with Crippen LogP contribution in [0.15, 0.2) is 47.0 Å². The molecule has 2 N–H and O–H groups in total. The van der Waals surface area contributed by atoms with Gasteiger partial charge in [-0.2, -0.15) is 4.98 Å². The lowest BCUT2D eigenvalue weighted by Crippen LogP contribution is -2.40. The van der Waals surface area contributed by atoms with Gasteiger partial charge in [0.05, 0.1) is 5.92 Å². The molecule has 0 bridgehead atoms. The van der Waals surface area contributed by atoms with Gasteiger partial charge in [-0.05, 0) is 48.6 Å². The van der Waals surface area contributed by atoms with Crippen molar-refractivity contribution >= 4 is 23.5 Å². The van der Waals surface area contributed by atoms with E-state index in [1.54, 1.807) is 25.1 Å². The van der Waals surface area contributed by atoms with Crippen LogP contribution in [0.25, 0.3) is 11.4 Å². The van der Waals surface area contributed by atoms with Gasteiger partial charge in [-0.1, -0.05) is 47.1 Å². The maximum atomic E-state index is 12.2. The fraction of sp³-hybridized carbons (Fsp3) is 0.238. The highest BCUT2D eigenvalue weighted by Gasteiger charge is 2.43. The van der Waals surface area contributed by atoms with E-state index in [0.717, 1.165) is 29.0 Å². The first kappa shape index (κ1) is 17.9. The zero-order valence-electron chi connectivity index (χ0n) is 15.5. The van der Waals surface area contributed by atoms with Crippen LogP contribution in [0.2, 0.25) is 5.02 Å². The second-order valence-electron chi connectivity index (χ2n) is 7.47. The Morgan fingerprint density at radius 2 is 2.03 bits per heavy atom. The average molecular weight is 409 g/mol. The van der Waals surface area contributed by atoms with Crippen molar-refractivity contribution in [2.75, 3.05) is 0 Å². The van der Waals surface area contributed by atoms with Crippen LogP contribution >= 0.6 is 11.6 Å². The van der Waals surface area contributed by atoms with Crippen molar-refractivity contribution in [1.29, 1.82) is 0 Å². The van der Waals surface area contributed by atoms with Crippen LogP contribution in [-0.4, -0.2) is 22.1 Å². The van der Waals surface area contributed by atoms with Gasteiger partial charge < -0.3 is 9.84 Å². The largest absolute Gasteiger partial charge is 0.338 e. The van der Waals surface area contributed by atoms with Gasteiger partial charge in [0.1, 0.15) is 5.54 Å². The van der Waals surface area contributed by atoms with Crippen molar-refractivity contribution < 1.29 is 14.1 Å². The van der Waals surface area contributed by atoms with Gasteiger partial charge in [-0.3, -0.25) is 10.1 Å². The van der Waals surface area contributed by atoms with Crippen molar-refractivity contribution in [3.05, 3.63) is 70.1 Å². The molecule has 146 valence electrons. The van der Waals surface area contributed by atoms with Gasteiger partial charge >= 0.3 is 6.03 Å². The predicted octanol–water partition coefficient (Wildman–Crippen LogP) is 3.52. The van der Waals surface area contributed by atoms with E-state index >= 15 is 0 Å². The van der Waals surface area contributed by atoms with E-state index in [2.05, 4.69) is 20.8 Å². The van der Waals surface area contributed by atoms with Crippen molar-refractivity contribution in [3.8, 4) is 11.4 Å². The summed E-state index contributed by atoms with van der Waals surface area (Å²) in [5.74, 6) is 0.605. The van der Waals surface area contributed by atoms with E-state index in [1.165, 1.54) is 0 Å². The third kappa shape index (κ3) is 2.81. The fourth-order valence-corrected chi connectivity index (χ4v) is 4.35. The number of aromatic nitrogens is 2. The lowest BCUT2D eigenvalue weighted by molar-refractivity contribution is -0.123. The number of fused-ring (bicyclic) bond motifs is 1. The highest BCUT2D eigenvalue weighted by molar-refractivity contribution is 6.31. The minimum absolute atomic E-state index is 0.0190. The normalized spacial score (nSPS) is 23.0. The highest BCUT2D eigenvalue weighted by atomic mass is 35.5. The first-order chi connectivity index (χ1) is 14.0. The first-order valence-electron chi connectivity index (χ1n) is 9.31. The van der Waals surface area contributed by atoms with E-state index in [-0.39, 0.29) is 5.92 Å². The van der Waals surface area contributed by atoms with E-state index in [4.69, 9.17) is 16.1 Å². The molecular weight excluding hydrogens is 392 g/mol. The summed E-state index contributed by atoms with van der Waals surface area (Å²) >= 11 is 6.31. The Kier molecular flexibility index (Phi) is 3.96. The topological polar surface area (TPSA) is 97.1 Å². The van der Waals surface area contributed by atoms with Gasteiger partial charge in [0.2, 0.25) is 11.7 Å². The molecular formula is C21H17ClN4O3. The molecule has 1 aliphatic carbocycles. The lowest BCUT2D eigenvalue weighted by Gasteiger charge is -2.21. The summed E-state index contributed by atoms with van der Waals surface area (Å²) in [6.07, 6.45) is 1.74. The standard InChI is InChI=1S/C21H17ClN4O3/c1-21(19(27)24-20(28)25-21)12-5-2-4-11(10-12)17-23-18(29-26-17)15-9-8-14-13(15)6-3-7-16(14)22/h2-7,10,15H,8-9H2,1H3,(H2,24,25,27,28). The third-order valence-corrected chi connectivity index (χ3v) is 6.05. The number of hydrogen-bond donors (Lipinski definition) is 2. The van der Waals surface area contributed by atoms with E-state index in [1.807, 2.05) is 24.3 Å². The Labute approximate surface area is 171 Å². The zero-order chi connectivity index (χ0) is 20.2. The van der Waals surface area contributed by atoms with Crippen LogP contribution in [0.3, 0.4) is 0 Å². The molecule has 2 aromatic carbocycles. The van der Waals surface area contributed by atoms with Gasteiger partial charge in [0.15, 0.2) is 0 Å². The number of carbonyl (C=O) groups is 2. The molecule has 1 aliphatic heterocycles. The quantitative estimate of drug-likeness (QED) is 0.646. The van der Waals surface area contributed by atoms with Crippen LogP contribution in [-0.2, 0) is 16.8 Å². The summed E-state index contributed by atoms with van der Waals surface area (Å²) in [7, 11) is 0. The summed E-state index contributed by atoms with van der Waals surface area (Å²) in [4.78, 5) is 28.4. The van der Waals surface area contributed by atoms with Crippen molar-refractivity contribution in [1.82, 2.24) is 20.8 Å². The van der Waals surface area contributed by atoms with Crippen molar-refractivity contribution in [3.63, 3.8) is 0 Å². The molecule has 2 heterocycles. The summed E-state index contributed by atoms with van der Waals surface area (Å²) in [5.41, 5.74) is 2.47. The monoisotopic (exact) mass is 408 g/mol. The zero-order valence-corrected chi connectivity index (χ0v) is 16.3. The number of hydrogen-bond acceptors (Lipinski definition) is 5. The first-order valence-corrected chi connectivity index (χ1v) is 9.69. The molecule has 3 aromatic rings. The molecule has 1 fully saturated rings. The van der Waals surface area contributed by atoms with Crippen LogP contribution in [0.4, 0.5) is 4.79 Å². The molecule has 29 heavy (non-hydrogen) atoms. The number of urea groups is 1. The SMILES string of the molecule is CC1(c2cccc(-c3noc(C4CCc5c(Cl)cccc54)n3)c2)NC(=O)NC1=O. The Morgan fingerprint density at radius 3 is 2.83 bits per heavy atom. The van der Waals surface area contributed by atoms with E-state index < -0.39 is 17.5 Å². The number of imide groups is 1. The molecule has 2 atom stereocenters. The molecule has 7 nitrogen and oxygen atoms in total. The van der Waals surface area contributed by atoms with Gasteiger partial charge in [-0.25, -0.2) is 4.79 Å². The number of rotatable bonds is 3. The smallest absolute Gasteiger partial charge is 0.322 e. The summed E-state index contributed by atoms with van der Waals surface area (Å²) in [5, 5.41) is 9.85. The highest BCUT2D eigenvalue weighted by Crippen LogP contribution is 2.40. The van der Waals surface area contributed by atoms with Gasteiger partial charge in [0.25, 0.3) is 5.91 Å². The third-order valence-electron chi connectivity index (χ3n) is 5.70. The molecule has 8 heteroatoms. The summed E-state index contributed by atoms with van der Waals surface area (Å²) < 4.78 is 5.58. The molecule has 3 amide bonds. The minimum Gasteiger partial charge on any atom is -0.338 e. The average Bonchev–Trinajstić information content (AvgIpc) is 3.40. The number of amides is 3. The molecule has 2 aliphatic rings. The number of nitrogens with one attached hydrogen (secondary N) is 2. The molecule has 2 unspecified atom stereocenters. The van der Waals surface area contributed by atoms with Crippen molar-refractivity contribution in [2.24, 2.45) is 0 Å². The molecule has 0 spiro atoms. The van der Waals surface area contributed by atoms with E-state index in [0.29, 0.717) is 22.8 Å². The molecule has 0 saturated carbocycles. The second-order valence-corrected chi connectivity index (χ2v) is 7.88. The van der Waals surface area contributed by atoms with Gasteiger partial charge in [0, 0.05) is 10.6 Å². The fourth-order valence-electron chi connectivity index (χ4n) is 4.08. The molecule has 0 radical (unpaired) electrons. The molecule has 1 aromatic heterocycles. The lowest BCUT2D eigenvalue weighted by atomic mass is 9.91. The number of halogens is 1. The minimum atomic E-state index is -1.14. The Morgan fingerprint density at radius 1 is 1.21 bits per heavy atom. The van der Waals surface area contributed by atoms with Crippen LogP contribution in [0.1, 0.15) is 41.8 Å². The Bertz CT molecular complexity index is 1160. The summed E-state index contributed by atoms with van der Waals surface area (Å²) in [6, 6.07) is 12.6. The van der Waals surface area contributed by atoms with Crippen LogP contribution in [0, 0.1) is 0 Å². The van der Waals surface area contributed by atoms with Crippen LogP contribution < -0.4 is 10.6 Å². The number of benzene rings is 2. The summed E-state index contributed by atoms with van der Waals surface area (Å²) in [6.45, 7) is 1.66. The second kappa shape index (κ2) is 6.42. The Balaban J connectivity index is 1.48. The maximum Gasteiger partial charge on any atom is 0.322 e. The maximum absolute atomic E-state index is 12.2. The van der Waals surface area contributed by atoms with Crippen LogP contribution in [0.5, 0.6) is 0 Å². The van der Waals surface area contributed by atoms with Gasteiger partial charge in [-0.15, -0.1) is 0 Å². The molecule has 1 saturated heterocycles. The number of nitrogens with zero attached hydrogens (tertiary/aromatic N) is 2.